The van der Waals surface area contributed by atoms with E-state index in [4.69, 9.17) is 10.2 Å². The molecular weight excluding hydrogens is 556 g/mol. The molecule has 0 unspecified atom stereocenters. The lowest BCUT2D eigenvalue weighted by Crippen LogP contribution is -1.93. The zero-order valence-electron chi connectivity index (χ0n) is 30.4. The largest absolute Gasteiger partial charge is 0.481 e. The molecule has 266 valence electrons. The summed E-state index contributed by atoms with van der Waals surface area (Å²) in [7, 11) is 0. The van der Waals surface area contributed by atoms with Crippen LogP contribution in [0.15, 0.2) is 24.3 Å². The standard InChI is InChI=1S/C23H46O2.C18H32O2/c1-2-3-4-5-6-7-8-9-10-11-12-13-14-15-16-17-18-19-20-21-22-23(24)25;1-2-3-4-5-6-7-8-9-10-11-12-13-14-15-16-17-18(19)20/h2-22H2,1H3,(H,24,25);6-7,9-10H,2-5,8,11-17H2,1H3,(H,19,20)/b;7-6-,10-9-. The number of carbonyl (C=O) groups is 2. The van der Waals surface area contributed by atoms with Gasteiger partial charge in [-0.2, -0.15) is 0 Å². The van der Waals surface area contributed by atoms with Crippen LogP contribution in [0.2, 0.25) is 0 Å². The molecule has 0 rings (SSSR count). The molecule has 0 radical (unpaired) electrons. The van der Waals surface area contributed by atoms with Crippen molar-refractivity contribution in [3.05, 3.63) is 24.3 Å². The van der Waals surface area contributed by atoms with Gasteiger partial charge in [0, 0.05) is 12.8 Å². The molecule has 0 aromatic heterocycles. The molecule has 45 heavy (non-hydrogen) atoms. The second kappa shape index (κ2) is 42.4. The van der Waals surface area contributed by atoms with E-state index in [2.05, 4.69) is 38.2 Å². The number of aliphatic carboxylic acids is 2. The SMILES string of the molecule is CCCCC/C=C\C/C=C\CCCCCCCC(=O)O.CCCCCCCCCCCCCCCCCCCCCCC(=O)O. The molecule has 0 saturated heterocycles. The molecular formula is C41H78O4. The number of hydrogen-bond acceptors (Lipinski definition) is 2. The Kier molecular flexibility index (Phi) is 42.9. The highest BCUT2D eigenvalue weighted by atomic mass is 16.4. The zero-order valence-corrected chi connectivity index (χ0v) is 30.4. The number of hydrogen-bond donors (Lipinski definition) is 2. The van der Waals surface area contributed by atoms with Gasteiger partial charge in [0.15, 0.2) is 0 Å². The first kappa shape index (κ1) is 45.5. The van der Waals surface area contributed by atoms with Crippen LogP contribution < -0.4 is 0 Å². The van der Waals surface area contributed by atoms with Gasteiger partial charge in [0.1, 0.15) is 0 Å². The molecule has 0 aliphatic rings. The van der Waals surface area contributed by atoms with Crippen molar-refractivity contribution in [3.63, 3.8) is 0 Å². The summed E-state index contributed by atoms with van der Waals surface area (Å²) >= 11 is 0. The lowest BCUT2D eigenvalue weighted by atomic mass is 10.0. The smallest absolute Gasteiger partial charge is 0.303 e. The summed E-state index contributed by atoms with van der Waals surface area (Å²) in [6.45, 7) is 4.52. The van der Waals surface area contributed by atoms with Crippen molar-refractivity contribution in [2.75, 3.05) is 0 Å². The van der Waals surface area contributed by atoms with Crippen molar-refractivity contribution in [2.45, 2.75) is 226 Å². The fourth-order valence-corrected chi connectivity index (χ4v) is 5.62. The number of carboxylic acid groups (broad SMARTS) is 2. The first-order valence-electron chi connectivity index (χ1n) is 19.8. The molecule has 0 amide bonds. The Hall–Kier alpha value is -1.58. The van der Waals surface area contributed by atoms with Gasteiger partial charge in [-0.1, -0.05) is 192 Å². The summed E-state index contributed by atoms with van der Waals surface area (Å²) in [5, 5.41) is 17.1. The van der Waals surface area contributed by atoms with Crippen LogP contribution in [-0.4, -0.2) is 22.2 Å². The summed E-state index contributed by atoms with van der Waals surface area (Å²) in [4.78, 5) is 20.7. The fraction of sp³-hybridized carbons (Fsp3) is 0.854. The van der Waals surface area contributed by atoms with Crippen LogP contribution >= 0.6 is 0 Å². The molecule has 4 nitrogen and oxygen atoms in total. The Morgan fingerprint density at radius 3 is 0.911 bits per heavy atom. The van der Waals surface area contributed by atoms with Gasteiger partial charge in [0.05, 0.1) is 0 Å². The first-order chi connectivity index (χ1) is 22.0. The summed E-state index contributed by atoms with van der Waals surface area (Å²) in [6, 6.07) is 0. The minimum atomic E-state index is -0.671. The second-order valence-electron chi connectivity index (χ2n) is 13.2. The second-order valence-corrected chi connectivity index (χ2v) is 13.2. The van der Waals surface area contributed by atoms with Crippen molar-refractivity contribution in [1.82, 2.24) is 0 Å². The molecule has 4 heteroatoms. The predicted molar refractivity (Wildman–Crippen MR) is 197 cm³/mol. The minimum absolute atomic E-state index is 0.324. The van der Waals surface area contributed by atoms with Gasteiger partial charge in [-0.15, -0.1) is 0 Å². The van der Waals surface area contributed by atoms with Gasteiger partial charge in [-0.05, 0) is 44.9 Å². The first-order valence-corrected chi connectivity index (χ1v) is 19.8. The van der Waals surface area contributed by atoms with Crippen molar-refractivity contribution in [2.24, 2.45) is 0 Å². The molecule has 0 saturated carbocycles. The third-order valence-electron chi connectivity index (χ3n) is 8.59. The highest BCUT2D eigenvalue weighted by Gasteiger charge is 1.98. The third-order valence-corrected chi connectivity index (χ3v) is 8.59. The topological polar surface area (TPSA) is 74.6 Å². The predicted octanol–water partition coefficient (Wildman–Crippen LogP) is 14.2. The normalized spacial score (nSPS) is 11.3. The lowest BCUT2D eigenvalue weighted by molar-refractivity contribution is -0.138. The Bertz CT molecular complexity index is 639. The summed E-state index contributed by atoms with van der Waals surface area (Å²) < 4.78 is 0. The Balaban J connectivity index is 0. The molecule has 0 atom stereocenters. The Labute approximate surface area is 281 Å². The van der Waals surface area contributed by atoms with E-state index < -0.39 is 11.9 Å². The van der Waals surface area contributed by atoms with Gasteiger partial charge < -0.3 is 10.2 Å². The third kappa shape index (κ3) is 49.5. The van der Waals surface area contributed by atoms with Crippen LogP contribution in [0, 0.1) is 0 Å². The molecule has 0 aromatic rings. The van der Waals surface area contributed by atoms with Gasteiger partial charge >= 0.3 is 11.9 Å². The maximum Gasteiger partial charge on any atom is 0.303 e. The van der Waals surface area contributed by atoms with E-state index in [0.717, 1.165) is 38.5 Å². The number of unbranched alkanes of at least 4 members (excludes halogenated alkanes) is 27. The summed E-state index contributed by atoms with van der Waals surface area (Å²) in [5.41, 5.74) is 0. The van der Waals surface area contributed by atoms with E-state index in [-0.39, 0.29) is 0 Å². The fourth-order valence-electron chi connectivity index (χ4n) is 5.62. The van der Waals surface area contributed by atoms with E-state index in [1.165, 1.54) is 161 Å². The molecule has 0 fully saturated rings. The van der Waals surface area contributed by atoms with Crippen LogP contribution in [0.5, 0.6) is 0 Å². The van der Waals surface area contributed by atoms with E-state index >= 15 is 0 Å². The van der Waals surface area contributed by atoms with E-state index in [1.807, 2.05) is 0 Å². The van der Waals surface area contributed by atoms with Crippen LogP contribution in [0.4, 0.5) is 0 Å². The number of carboxylic acids is 2. The monoisotopic (exact) mass is 635 g/mol. The Morgan fingerprint density at radius 2 is 0.600 bits per heavy atom. The van der Waals surface area contributed by atoms with Crippen molar-refractivity contribution in [1.29, 1.82) is 0 Å². The van der Waals surface area contributed by atoms with E-state index in [1.54, 1.807) is 0 Å². The van der Waals surface area contributed by atoms with E-state index in [9.17, 15) is 9.59 Å². The average molecular weight is 635 g/mol. The number of allylic oxidation sites excluding steroid dienone is 4. The quantitative estimate of drug-likeness (QED) is 0.0537. The zero-order chi connectivity index (χ0) is 33.3. The highest BCUT2D eigenvalue weighted by molar-refractivity contribution is 5.66. The summed E-state index contributed by atoms with van der Waals surface area (Å²) in [5.74, 6) is -1.32. The molecule has 2 N–H and O–H groups in total. The van der Waals surface area contributed by atoms with Crippen LogP contribution in [0.3, 0.4) is 0 Å². The highest BCUT2D eigenvalue weighted by Crippen LogP contribution is 2.15. The summed E-state index contributed by atoms with van der Waals surface area (Å²) in [6.07, 6.45) is 49.9. The molecule has 0 aliphatic heterocycles. The van der Waals surface area contributed by atoms with Gasteiger partial charge in [0.2, 0.25) is 0 Å². The van der Waals surface area contributed by atoms with Crippen molar-refractivity contribution in [3.8, 4) is 0 Å². The molecule has 0 aromatic carbocycles. The van der Waals surface area contributed by atoms with Gasteiger partial charge in [-0.25, -0.2) is 0 Å². The molecule has 0 bridgehead atoms. The van der Waals surface area contributed by atoms with Gasteiger partial charge in [-0.3, -0.25) is 9.59 Å². The van der Waals surface area contributed by atoms with Crippen LogP contribution in [0.1, 0.15) is 226 Å². The average Bonchev–Trinajstić information content (AvgIpc) is 3.02. The maximum absolute atomic E-state index is 10.4. The van der Waals surface area contributed by atoms with Crippen LogP contribution in [0.25, 0.3) is 0 Å². The lowest BCUT2D eigenvalue weighted by Gasteiger charge is -2.04. The van der Waals surface area contributed by atoms with Gasteiger partial charge in [0.25, 0.3) is 0 Å². The Morgan fingerprint density at radius 1 is 0.356 bits per heavy atom. The maximum atomic E-state index is 10.4. The minimum Gasteiger partial charge on any atom is -0.481 e. The molecule has 0 aliphatic carbocycles. The van der Waals surface area contributed by atoms with Crippen molar-refractivity contribution >= 4 is 11.9 Å². The van der Waals surface area contributed by atoms with E-state index in [0.29, 0.717) is 12.8 Å². The molecule has 0 heterocycles. The van der Waals surface area contributed by atoms with Crippen molar-refractivity contribution < 1.29 is 19.8 Å². The van der Waals surface area contributed by atoms with Crippen LogP contribution in [-0.2, 0) is 9.59 Å². The molecule has 0 spiro atoms. The number of rotatable bonds is 35.